The third kappa shape index (κ3) is 3.53. The minimum absolute atomic E-state index is 0.0172. The molecule has 3 rings (SSSR count). The Morgan fingerprint density at radius 3 is 2.36 bits per heavy atom. The van der Waals surface area contributed by atoms with Crippen molar-refractivity contribution in [1.82, 2.24) is 9.88 Å². The third-order valence-electron chi connectivity index (χ3n) is 4.22. The van der Waals surface area contributed by atoms with E-state index in [1.54, 1.807) is 0 Å². The van der Waals surface area contributed by atoms with E-state index in [1.807, 2.05) is 48.2 Å². The number of anilines is 1. The van der Waals surface area contributed by atoms with Crippen molar-refractivity contribution in [2.24, 2.45) is 0 Å². The first-order valence-corrected chi connectivity index (χ1v) is 9.05. The molecular formula is C18H17N5OS. The molecule has 126 valence electrons. The Bertz CT molecular complexity index is 915. The average Bonchev–Trinajstić information content (AvgIpc) is 2.63. The van der Waals surface area contributed by atoms with Crippen LogP contribution in [0.25, 0.3) is 11.1 Å². The SMILES string of the molecule is N#Cc1c(N)[nH]c(=O)c(C#N)c1-c1ccc(CN2CCSCC2)cc1. The molecule has 0 aliphatic carbocycles. The first-order valence-electron chi connectivity index (χ1n) is 7.89. The summed E-state index contributed by atoms with van der Waals surface area (Å²) < 4.78 is 0. The fraction of sp³-hybridized carbons (Fsp3) is 0.278. The predicted molar refractivity (Wildman–Crippen MR) is 98.9 cm³/mol. The number of hydrogen-bond acceptors (Lipinski definition) is 6. The second-order valence-electron chi connectivity index (χ2n) is 5.80. The highest BCUT2D eigenvalue weighted by molar-refractivity contribution is 7.99. The molecule has 1 aromatic carbocycles. The molecule has 1 saturated heterocycles. The van der Waals surface area contributed by atoms with Gasteiger partial charge in [-0.2, -0.15) is 22.3 Å². The zero-order valence-corrected chi connectivity index (χ0v) is 14.4. The molecule has 1 aliphatic heterocycles. The Morgan fingerprint density at radius 1 is 1.12 bits per heavy atom. The lowest BCUT2D eigenvalue weighted by atomic mass is 9.96. The molecule has 1 fully saturated rings. The summed E-state index contributed by atoms with van der Waals surface area (Å²) in [4.78, 5) is 16.7. The van der Waals surface area contributed by atoms with Crippen molar-refractivity contribution in [3.63, 3.8) is 0 Å². The van der Waals surface area contributed by atoms with Gasteiger partial charge >= 0.3 is 0 Å². The molecule has 0 radical (unpaired) electrons. The van der Waals surface area contributed by atoms with Crippen LogP contribution >= 0.6 is 11.8 Å². The number of nitrogens with one attached hydrogen (secondary N) is 1. The fourth-order valence-corrected chi connectivity index (χ4v) is 3.91. The molecule has 0 atom stereocenters. The van der Waals surface area contributed by atoms with Crippen LogP contribution in [0.15, 0.2) is 29.1 Å². The molecule has 2 aromatic rings. The van der Waals surface area contributed by atoms with Crippen molar-refractivity contribution in [3.05, 3.63) is 51.3 Å². The van der Waals surface area contributed by atoms with E-state index < -0.39 is 5.56 Å². The second kappa shape index (κ2) is 7.43. The van der Waals surface area contributed by atoms with Gasteiger partial charge in [0.05, 0.1) is 0 Å². The van der Waals surface area contributed by atoms with E-state index in [0.29, 0.717) is 11.1 Å². The summed E-state index contributed by atoms with van der Waals surface area (Å²) in [5.74, 6) is 2.29. The van der Waals surface area contributed by atoms with Crippen molar-refractivity contribution in [3.8, 4) is 23.3 Å². The van der Waals surface area contributed by atoms with Crippen LogP contribution in [0.1, 0.15) is 16.7 Å². The van der Waals surface area contributed by atoms with Gasteiger partial charge < -0.3 is 10.7 Å². The average molecular weight is 351 g/mol. The van der Waals surface area contributed by atoms with Crippen molar-refractivity contribution in [2.75, 3.05) is 30.3 Å². The molecule has 0 saturated carbocycles. The highest BCUT2D eigenvalue weighted by atomic mass is 32.2. The number of nitrogens with two attached hydrogens (primary N) is 1. The van der Waals surface area contributed by atoms with Gasteiger partial charge in [-0.3, -0.25) is 9.69 Å². The molecule has 25 heavy (non-hydrogen) atoms. The zero-order valence-electron chi connectivity index (χ0n) is 13.6. The monoisotopic (exact) mass is 351 g/mol. The number of nitriles is 2. The second-order valence-corrected chi connectivity index (χ2v) is 7.03. The quantitative estimate of drug-likeness (QED) is 0.874. The summed E-state index contributed by atoms with van der Waals surface area (Å²) in [6.07, 6.45) is 0. The lowest BCUT2D eigenvalue weighted by molar-refractivity contribution is 0.294. The van der Waals surface area contributed by atoms with Crippen molar-refractivity contribution >= 4 is 17.6 Å². The zero-order chi connectivity index (χ0) is 17.8. The van der Waals surface area contributed by atoms with Crippen LogP contribution in [-0.2, 0) is 6.54 Å². The fourth-order valence-electron chi connectivity index (χ4n) is 2.93. The molecular weight excluding hydrogens is 334 g/mol. The van der Waals surface area contributed by atoms with Gasteiger partial charge in [0.15, 0.2) is 0 Å². The number of aromatic nitrogens is 1. The molecule has 6 nitrogen and oxygen atoms in total. The lowest BCUT2D eigenvalue weighted by Crippen LogP contribution is -2.31. The summed E-state index contributed by atoms with van der Waals surface area (Å²) in [6, 6.07) is 11.5. The Labute approximate surface area is 149 Å². The molecule has 7 heteroatoms. The van der Waals surface area contributed by atoms with Gasteiger partial charge in [0.1, 0.15) is 29.1 Å². The molecule has 0 unspecified atom stereocenters. The number of pyridine rings is 1. The molecule has 2 heterocycles. The van der Waals surface area contributed by atoms with Crippen LogP contribution in [0.3, 0.4) is 0 Å². The van der Waals surface area contributed by atoms with E-state index in [4.69, 9.17) is 5.73 Å². The number of aromatic amines is 1. The molecule has 1 aromatic heterocycles. The Kier molecular flexibility index (Phi) is 5.08. The Morgan fingerprint density at radius 2 is 1.76 bits per heavy atom. The number of benzene rings is 1. The maximum atomic E-state index is 12.0. The molecule has 3 N–H and O–H groups in total. The number of nitrogens with zero attached hydrogens (tertiary/aromatic N) is 3. The number of rotatable bonds is 3. The summed E-state index contributed by atoms with van der Waals surface area (Å²) in [7, 11) is 0. The number of thioether (sulfide) groups is 1. The van der Waals surface area contributed by atoms with Crippen LogP contribution in [0.5, 0.6) is 0 Å². The van der Waals surface area contributed by atoms with Crippen LogP contribution in [0, 0.1) is 22.7 Å². The minimum atomic E-state index is -0.580. The topological polar surface area (TPSA) is 110 Å². The van der Waals surface area contributed by atoms with Crippen LogP contribution in [-0.4, -0.2) is 34.5 Å². The molecule has 1 aliphatic rings. The van der Waals surface area contributed by atoms with Gasteiger partial charge in [-0.25, -0.2) is 0 Å². The molecule has 0 bridgehead atoms. The standard InChI is InChI=1S/C18H17N5OS/c19-9-14-16(15(10-20)18(24)22-17(14)21)13-3-1-12(2-4-13)11-23-5-7-25-8-6-23/h1-4H,5-8,11H2,(H3,21,22,24). The van der Waals surface area contributed by atoms with Crippen molar-refractivity contribution in [2.45, 2.75) is 6.54 Å². The van der Waals surface area contributed by atoms with E-state index in [2.05, 4.69) is 9.88 Å². The highest BCUT2D eigenvalue weighted by Gasteiger charge is 2.18. The smallest absolute Gasteiger partial charge is 0.268 e. The number of H-pyrrole nitrogens is 1. The van der Waals surface area contributed by atoms with Gasteiger partial charge in [0.25, 0.3) is 5.56 Å². The maximum Gasteiger partial charge on any atom is 0.268 e. The van der Waals surface area contributed by atoms with Gasteiger partial charge in [0, 0.05) is 36.7 Å². The Balaban J connectivity index is 1.96. The van der Waals surface area contributed by atoms with Crippen LogP contribution in [0.2, 0.25) is 0 Å². The van der Waals surface area contributed by atoms with E-state index in [-0.39, 0.29) is 16.9 Å². The predicted octanol–water partition coefficient (Wildman–Crippen LogP) is 1.92. The van der Waals surface area contributed by atoms with Gasteiger partial charge in [-0.05, 0) is 11.1 Å². The maximum absolute atomic E-state index is 12.0. The summed E-state index contributed by atoms with van der Waals surface area (Å²) in [6.45, 7) is 3.02. The van der Waals surface area contributed by atoms with Crippen molar-refractivity contribution in [1.29, 1.82) is 10.5 Å². The highest BCUT2D eigenvalue weighted by Crippen LogP contribution is 2.28. The van der Waals surface area contributed by atoms with Gasteiger partial charge in [0.2, 0.25) is 0 Å². The first kappa shape index (κ1) is 17.1. The van der Waals surface area contributed by atoms with Gasteiger partial charge in [-0.15, -0.1) is 0 Å². The third-order valence-corrected chi connectivity index (χ3v) is 5.16. The van der Waals surface area contributed by atoms with Crippen LogP contribution < -0.4 is 11.3 Å². The Hall–Kier alpha value is -2.74. The molecule has 0 spiro atoms. The summed E-state index contributed by atoms with van der Waals surface area (Å²) in [5, 5.41) is 18.7. The minimum Gasteiger partial charge on any atom is -0.384 e. The van der Waals surface area contributed by atoms with Crippen molar-refractivity contribution < 1.29 is 0 Å². The van der Waals surface area contributed by atoms with E-state index >= 15 is 0 Å². The van der Waals surface area contributed by atoms with E-state index in [0.717, 1.165) is 36.7 Å². The number of nitrogen functional groups attached to an aromatic ring is 1. The summed E-state index contributed by atoms with van der Waals surface area (Å²) in [5.41, 5.74) is 7.30. The normalized spacial score (nSPS) is 14.6. The lowest BCUT2D eigenvalue weighted by Gasteiger charge is -2.26. The summed E-state index contributed by atoms with van der Waals surface area (Å²) >= 11 is 1.97. The van der Waals surface area contributed by atoms with Gasteiger partial charge in [-0.1, -0.05) is 24.3 Å². The largest absolute Gasteiger partial charge is 0.384 e. The van der Waals surface area contributed by atoms with E-state index in [9.17, 15) is 15.3 Å². The van der Waals surface area contributed by atoms with E-state index in [1.165, 1.54) is 0 Å². The molecule has 0 amide bonds. The first-order chi connectivity index (χ1) is 12.1. The van der Waals surface area contributed by atoms with Crippen LogP contribution in [0.4, 0.5) is 5.82 Å². The number of hydrogen-bond donors (Lipinski definition) is 2.